The third-order valence-electron chi connectivity index (χ3n) is 3.78. The van der Waals surface area contributed by atoms with E-state index >= 15 is 0 Å². The first-order valence-corrected chi connectivity index (χ1v) is 7.21. The fraction of sp³-hybridized carbons (Fsp3) is 0.692. The lowest BCUT2D eigenvalue weighted by molar-refractivity contribution is -0.383. The van der Waals surface area contributed by atoms with Crippen LogP contribution in [0.1, 0.15) is 20.3 Å². The number of likely N-dealkylation sites (tertiary alicyclic amines) is 1. The van der Waals surface area contributed by atoms with Gasteiger partial charge < -0.3 is 15.5 Å². The van der Waals surface area contributed by atoms with E-state index in [0.717, 1.165) is 19.5 Å². The minimum absolute atomic E-state index is 0.0783. The van der Waals surface area contributed by atoms with Gasteiger partial charge in [0.2, 0.25) is 11.6 Å². The lowest BCUT2D eigenvalue weighted by Crippen LogP contribution is -2.43. The first kappa shape index (κ1) is 15.4. The van der Waals surface area contributed by atoms with Gasteiger partial charge in [0, 0.05) is 19.1 Å². The Kier molecular flexibility index (Phi) is 4.89. The smallest absolute Gasteiger partial charge is 0.353 e. The van der Waals surface area contributed by atoms with Crippen LogP contribution in [0.15, 0.2) is 6.33 Å². The first-order valence-electron chi connectivity index (χ1n) is 7.21. The van der Waals surface area contributed by atoms with Crippen LogP contribution in [0, 0.1) is 16.0 Å². The van der Waals surface area contributed by atoms with E-state index in [4.69, 9.17) is 0 Å². The van der Waals surface area contributed by atoms with Gasteiger partial charge in [-0.15, -0.1) is 0 Å². The number of nitrogens with one attached hydrogen (secondary N) is 2. The van der Waals surface area contributed by atoms with Crippen molar-refractivity contribution in [2.75, 3.05) is 37.3 Å². The molecule has 1 aromatic rings. The first-order chi connectivity index (χ1) is 10.0. The number of piperidine rings is 1. The standard InChI is InChI=1S/C13H22N6O2/c1-4-14-12-11(19(20)21)13(16-8-15-12)17-10-5-6-18(3)7-9(10)2/h8-10H,4-7H2,1-3H3,(H2,14,15,16,17). The van der Waals surface area contributed by atoms with Gasteiger partial charge in [-0.25, -0.2) is 9.97 Å². The molecule has 2 unspecified atom stereocenters. The highest BCUT2D eigenvalue weighted by Crippen LogP contribution is 2.31. The summed E-state index contributed by atoms with van der Waals surface area (Å²) in [5, 5.41) is 17.5. The zero-order valence-electron chi connectivity index (χ0n) is 12.7. The van der Waals surface area contributed by atoms with Crippen molar-refractivity contribution in [3.05, 3.63) is 16.4 Å². The van der Waals surface area contributed by atoms with Gasteiger partial charge in [0.1, 0.15) is 6.33 Å². The molecule has 1 saturated heterocycles. The fourth-order valence-corrected chi connectivity index (χ4v) is 2.70. The molecular weight excluding hydrogens is 272 g/mol. The monoisotopic (exact) mass is 294 g/mol. The second-order valence-electron chi connectivity index (χ2n) is 5.49. The number of rotatable bonds is 5. The molecule has 2 heterocycles. The van der Waals surface area contributed by atoms with Gasteiger partial charge in [0.25, 0.3) is 0 Å². The number of aromatic nitrogens is 2. The van der Waals surface area contributed by atoms with Gasteiger partial charge in [-0.05, 0) is 32.9 Å². The second kappa shape index (κ2) is 6.66. The lowest BCUT2D eigenvalue weighted by Gasteiger charge is -2.35. The van der Waals surface area contributed by atoms with E-state index in [9.17, 15) is 10.1 Å². The van der Waals surface area contributed by atoms with E-state index in [-0.39, 0.29) is 17.5 Å². The molecule has 8 nitrogen and oxygen atoms in total. The molecular formula is C13H22N6O2. The van der Waals surface area contributed by atoms with Crippen LogP contribution < -0.4 is 10.6 Å². The van der Waals surface area contributed by atoms with Crippen molar-refractivity contribution >= 4 is 17.3 Å². The van der Waals surface area contributed by atoms with Gasteiger partial charge in [-0.3, -0.25) is 10.1 Å². The summed E-state index contributed by atoms with van der Waals surface area (Å²) >= 11 is 0. The van der Waals surface area contributed by atoms with Gasteiger partial charge in [-0.1, -0.05) is 6.92 Å². The van der Waals surface area contributed by atoms with E-state index in [1.807, 2.05) is 6.92 Å². The summed E-state index contributed by atoms with van der Waals surface area (Å²) in [5.74, 6) is 0.967. The van der Waals surface area contributed by atoms with Crippen LogP contribution in [0.3, 0.4) is 0 Å². The molecule has 2 atom stereocenters. The molecule has 1 aromatic heterocycles. The number of nitro groups is 1. The van der Waals surface area contributed by atoms with Crippen molar-refractivity contribution in [2.45, 2.75) is 26.3 Å². The Morgan fingerprint density at radius 2 is 2.19 bits per heavy atom. The minimum Gasteiger partial charge on any atom is -0.364 e. The number of hydrogen-bond acceptors (Lipinski definition) is 7. The molecule has 21 heavy (non-hydrogen) atoms. The molecule has 116 valence electrons. The molecule has 0 amide bonds. The Morgan fingerprint density at radius 1 is 1.48 bits per heavy atom. The molecule has 1 fully saturated rings. The molecule has 0 aromatic carbocycles. The quantitative estimate of drug-likeness (QED) is 0.628. The predicted octanol–water partition coefficient (Wildman–Crippen LogP) is 1.57. The summed E-state index contributed by atoms with van der Waals surface area (Å²) in [6, 6.07) is 0.185. The maximum absolute atomic E-state index is 11.3. The normalized spacial score (nSPS) is 22.8. The molecule has 1 aliphatic rings. The predicted molar refractivity (Wildman–Crippen MR) is 81.5 cm³/mol. The van der Waals surface area contributed by atoms with Crippen LogP contribution in [0.4, 0.5) is 17.3 Å². The average Bonchev–Trinajstić information content (AvgIpc) is 2.42. The molecule has 2 N–H and O–H groups in total. The number of nitrogens with zero attached hydrogens (tertiary/aromatic N) is 4. The summed E-state index contributed by atoms with van der Waals surface area (Å²) in [6.45, 7) is 6.53. The summed E-state index contributed by atoms with van der Waals surface area (Å²) in [6.07, 6.45) is 2.29. The van der Waals surface area contributed by atoms with Crippen molar-refractivity contribution in [1.82, 2.24) is 14.9 Å². The van der Waals surface area contributed by atoms with Crippen molar-refractivity contribution in [1.29, 1.82) is 0 Å². The highest BCUT2D eigenvalue weighted by Gasteiger charge is 2.29. The Hall–Kier alpha value is -1.96. The summed E-state index contributed by atoms with van der Waals surface area (Å²) in [7, 11) is 2.09. The van der Waals surface area contributed by atoms with Crippen LogP contribution in [0.25, 0.3) is 0 Å². The summed E-state index contributed by atoms with van der Waals surface area (Å²) in [5.41, 5.74) is -0.0783. The Bertz CT molecular complexity index is 509. The van der Waals surface area contributed by atoms with Crippen molar-refractivity contribution < 1.29 is 4.92 Å². The van der Waals surface area contributed by atoms with Crippen LogP contribution in [-0.2, 0) is 0 Å². The second-order valence-corrected chi connectivity index (χ2v) is 5.49. The van der Waals surface area contributed by atoms with Crippen molar-refractivity contribution in [3.8, 4) is 0 Å². The molecule has 0 aliphatic carbocycles. The van der Waals surface area contributed by atoms with E-state index in [2.05, 4.69) is 39.5 Å². The highest BCUT2D eigenvalue weighted by molar-refractivity contribution is 5.69. The summed E-state index contributed by atoms with van der Waals surface area (Å²) < 4.78 is 0. The zero-order valence-corrected chi connectivity index (χ0v) is 12.7. The Labute approximate surface area is 124 Å². The van der Waals surface area contributed by atoms with Crippen LogP contribution in [0.2, 0.25) is 0 Å². The van der Waals surface area contributed by atoms with E-state index in [1.54, 1.807) is 0 Å². The number of anilines is 2. The molecule has 0 bridgehead atoms. The Balaban J connectivity index is 2.23. The van der Waals surface area contributed by atoms with Gasteiger partial charge in [0.15, 0.2) is 0 Å². The minimum atomic E-state index is -0.431. The van der Waals surface area contributed by atoms with E-state index in [0.29, 0.717) is 18.3 Å². The maximum atomic E-state index is 11.3. The van der Waals surface area contributed by atoms with Crippen LogP contribution in [0.5, 0.6) is 0 Å². The summed E-state index contributed by atoms with van der Waals surface area (Å²) in [4.78, 5) is 21.2. The SMILES string of the molecule is CCNc1ncnc(NC2CCN(C)CC2C)c1[N+](=O)[O-]. The fourth-order valence-electron chi connectivity index (χ4n) is 2.70. The molecule has 1 aliphatic heterocycles. The third kappa shape index (κ3) is 3.57. The third-order valence-corrected chi connectivity index (χ3v) is 3.78. The molecule has 8 heteroatoms. The average molecular weight is 294 g/mol. The molecule has 0 saturated carbocycles. The van der Waals surface area contributed by atoms with Gasteiger partial charge >= 0.3 is 5.69 Å². The lowest BCUT2D eigenvalue weighted by atomic mass is 9.94. The zero-order chi connectivity index (χ0) is 15.4. The van der Waals surface area contributed by atoms with Gasteiger partial charge in [0.05, 0.1) is 4.92 Å². The van der Waals surface area contributed by atoms with E-state index in [1.165, 1.54) is 6.33 Å². The van der Waals surface area contributed by atoms with E-state index < -0.39 is 4.92 Å². The number of hydrogen-bond donors (Lipinski definition) is 2. The largest absolute Gasteiger partial charge is 0.364 e. The Morgan fingerprint density at radius 3 is 2.81 bits per heavy atom. The highest BCUT2D eigenvalue weighted by atomic mass is 16.6. The molecule has 0 spiro atoms. The molecule has 0 radical (unpaired) electrons. The van der Waals surface area contributed by atoms with Crippen LogP contribution in [-0.4, -0.2) is 52.5 Å². The topological polar surface area (TPSA) is 96.2 Å². The van der Waals surface area contributed by atoms with Crippen molar-refractivity contribution in [2.24, 2.45) is 5.92 Å². The van der Waals surface area contributed by atoms with Crippen molar-refractivity contribution in [3.63, 3.8) is 0 Å². The van der Waals surface area contributed by atoms with Gasteiger partial charge in [-0.2, -0.15) is 0 Å². The maximum Gasteiger partial charge on any atom is 0.353 e. The molecule has 2 rings (SSSR count). The van der Waals surface area contributed by atoms with Crippen LogP contribution >= 0.6 is 0 Å².